The predicted molar refractivity (Wildman–Crippen MR) is 158 cm³/mol. The first-order valence-electron chi connectivity index (χ1n) is 14.1. The third-order valence-electron chi connectivity index (χ3n) is 8.09. The van der Waals surface area contributed by atoms with E-state index in [1.165, 1.54) is 24.8 Å². The highest BCUT2D eigenvalue weighted by molar-refractivity contribution is 7.89. The van der Waals surface area contributed by atoms with Crippen molar-refractivity contribution in [2.45, 2.75) is 42.4 Å². The molecule has 224 valence electrons. The zero-order chi connectivity index (χ0) is 29.7. The minimum atomic E-state index is -3.86. The second-order valence-corrected chi connectivity index (χ2v) is 12.5. The van der Waals surface area contributed by atoms with Gasteiger partial charge in [-0.3, -0.25) is 4.79 Å². The molecule has 3 aromatic carbocycles. The Balaban J connectivity index is 1.33. The van der Waals surface area contributed by atoms with Crippen LogP contribution in [0.4, 0.5) is 0 Å². The maximum atomic E-state index is 14.2. The Morgan fingerprint density at radius 2 is 1.71 bits per heavy atom. The molecule has 1 N–H and O–H groups in total. The van der Waals surface area contributed by atoms with Crippen LogP contribution in [0.1, 0.15) is 29.2 Å². The number of rotatable bonds is 12. The Bertz CT molecular complexity index is 1480. The first-order valence-corrected chi connectivity index (χ1v) is 15.6. The molecule has 5 rings (SSSR count). The van der Waals surface area contributed by atoms with Gasteiger partial charge in [-0.2, -0.15) is 0 Å². The van der Waals surface area contributed by atoms with Gasteiger partial charge in [0.2, 0.25) is 15.9 Å². The number of hydrogen-bond donors (Lipinski definition) is 1. The van der Waals surface area contributed by atoms with Crippen LogP contribution in [0.3, 0.4) is 0 Å². The first-order chi connectivity index (χ1) is 20.3. The van der Waals surface area contributed by atoms with E-state index in [9.17, 15) is 13.2 Å². The molecule has 9 nitrogen and oxygen atoms in total. The standard InChI is InChI=1S/C32H38N2O7S/c1-34(31-27-12-8-7-11-23(27)19-30(31)39-3)32(35)24(17-22-9-5-4-6-10-22)18-25(38-2)21-33-42(36,37)26-13-14-28-29(20-26)41-16-15-40-28/h4-14,20,24-25,30-31,33H,15-19,21H2,1-3H3/t24-,25+,30+,31+/m1/s1. The molecule has 4 atom stereocenters. The highest BCUT2D eigenvalue weighted by Crippen LogP contribution is 2.38. The highest BCUT2D eigenvalue weighted by atomic mass is 32.2. The molecular formula is C32H38N2O7S. The van der Waals surface area contributed by atoms with Gasteiger partial charge in [-0.1, -0.05) is 54.6 Å². The molecule has 0 aromatic heterocycles. The van der Waals surface area contributed by atoms with Gasteiger partial charge < -0.3 is 23.8 Å². The monoisotopic (exact) mass is 594 g/mol. The molecule has 10 heteroatoms. The molecule has 0 saturated heterocycles. The maximum Gasteiger partial charge on any atom is 0.240 e. The average Bonchev–Trinajstić information content (AvgIpc) is 3.40. The molecule has 0 bridgehead atoms. The topological polar surface area (TPSA) is 103 Å². The zero-order valence-corrected chi connectivity index (χ0v) is 25.0. The third-order valence-corrected chi connectivity index (χ3v) is 9.52. The number of hydrogen-bond acceptors (Lipinski definition) is 7. The van der Waals surface area contributed by atoms with E-state index in [0.29, 0.717) is 37.6 Å². The third kappa shape index (κ3) is 6.62. The Morgan fingerprint density at radius 1 is 1.00 bits per heavy atom. The molecule has 3 aromatic rings. The number of fused-ring (bicyclic) bond motifs is 2. The second-order valence-electron chi connectivity index (χ2n) is 10.7. The summed E-state index contributed by atoms with van der Waals surface area (Å²) in [5, 5.41) is 0. The molecule has 0 fully saturated rings. The van der Waals surface area contributed by atoms with E-state index in [2.05, 4.69) is 16.9 Å². The predicted octanol–water partition coefficient (Wildman–Crippen LogP) is 3.77. The molecule has 42 heavy (non-hydrogen) atoms. The number of carbonyl (C=O) groups excluding carboxylic acids is 1. The Kier molecular flexibility index (Phi) is 9.47. The van der Waals surface area contributed by atoms with Crippen LogP contribution in [0.2, 0.25) is 0 Å². The smallest absolute Gasteiger partial charge is 0.240 e. The summed E-state index contributed by atoms with van der Waals surface area (Å²) < 4.78 is 51.6. The molecule has 1 amide bonds. The minimum Gasteiger partial charge on any atom is -0.486 e. The van der Waals surface area contributed by atoms with E-state index in [-0.39, 0.29) is 29.5 Å². The van der Waals surface area contributed by atoms with Crippen LogP contribution in [-0.2, 0) is 37.1 Å². The van der Waals surface area contributed by atoms with Crippen molar-refractivity contribution in [3.63, 3.8) is 0 Å². The molecule has 1 aliphatic carbocycles. The van der Waals surface area contributed by atoms with Crippen LogP contribution < -0.4 is 14.2 Å². The van der Waals surface area contributed by atoms with Crippen molar-refractivity contribution < 1.29 is 32.2 Å². The van der Waals surface area contributed by atoms with Crippen LogP contribution in [0, 0.1) is 5.92 Å². The van der Waals surface area contributed by atoms with Gasteiger partial charge >= 0.3 is 0 Å². The van der Waals surface area contributed by atoms with E-state index in [4.69, 9.17) is 18.9 Å². The SMILES string of the molecule is CO[C@H](CNS(=O)(=O)c1ccc2c(c1)OCCO2)C[C@@H](Cc1ccccc1)C(=O)N(C)[C@H]1c2ccccc2C[C@@H]1OC. The number of carbonyl (C=O) groups is 1. The van der Waals surface area contributed by atoms with Crippen molar-refractivity contribution in [1.29, 1.82) is 0 Å². The number of benzene rings is 3. The zero-order valence-electron chi connectivity index (χ0n) is 24.2. The molecule has 2 aliphatic rings. The molecular weight excluding hydrogens is 556 g/mol. The lowest BCUT2D eigenvalue weighted by Gasteiger charge is -2.33. The van der Waals surface area contributed by atoms with Crippen molar-refractivity contribution in [3.8, 4) is 11.5 Å². The number of nitrogens with one attached hydrogen (secondary N) is 1. The Morgan fingerprint density at radius 3 is 2.45 bits per heavy atom. The lowest BCUT2D eigenvalue weighted by molar-refractivity contribution is -0.140. The Hall–Kier alpha value is -3.44. The summed E-state index contributed by atoms with van der Waals surface area (Å²) in [6.45, 7) is 0.783. The van der Waals surface area contributed by atoms with E-state index in [1.807, 2.05) is 49.5 Å². The summed E-state index contributed by atoms with van der Waals surface area (Å²) in [5.74, 6) is 0.416. The largest absolute Gasteiger partial charge is 0.486 e. The molecule has 0 unspecified atom stereocenters. The van der Waals surface area contributed by atoms with Crippen LogP contribution in [-0.4, -0.2) is 72.5 Å². The van der Waals surface area contributed by atoms with Crippen molar-refractivity contribution in [1.82, 2.24) is 9.62 Å². The fraction of sp³-hybridized carbons (Fsp3) is 0.406. The molecule has 0 spiro atoms. The number of likely N-dealkylation sites (N-methyl/N-ethyl adjacent to an activating group) is 1. The highest BCUT2D eigenvalue weighted by Gasteiger charge is 2.39. The van der Waals surface area contributed by atoms with Crippen molar-refractivity contribution >= 4 is 15.9 Å². The number of sulfonamides is 1. The van der Waals surface area contributed by atoms with E-state index in [1.54, 1.807) is 18.1 Å². The van der Waals surface area contributed by atoms with Gasteiger partial charge in [0.15, 0.2) is 11.5 Å². The summed E-state index contributed by atoms with van der Waals surface area (Å²) in [7, 11) is 1.17. The molecule has 0 radical (unpaired) electrons. The van der Waals surface area contributed by atoms with Gasteiger partial charge in [-0.15, -0.1) is 0 Å². The number of ether oxygens (including phenoxy) is 4. The van der Waals surface area contributed by atoms with Crippen LogP contribution in [0.15, 0.2) is 77.7 Å². The van der Waals surface area contributed by atoms with Crippen LogP contribution in [0.25, 0.3) is 0 Å². The van der Waals surface area contributed by atoms with Gasteiger partial charge in [-0.05, 0) is 41.7 Å². The fourth-order valence-corrected chi connectivity index (χ4v) is 6.94. The molecule has 1 aliphatic heterocycles. The van der Waals surface area contributed by atoms with Crippen molar-refractivity contribution in [2.24, 2.45) is 5.92 Å². The average molecular weight is 595 g/mol. The number of nitrogens with zero attached hydrogens (tertiary/aromatic N) is 1. The van der Waals surface area contributed by atoms with Gasteiger partial charge in [0.1, 0.15) is 13.2 Å². The second kappa shape index (κ2) is 13.2. The van der Waals surface area contributed by atoms with Crippen LogP contribution >= 0.6 is 0 Å². The number of amides is 1. The summed E-state index contributed by atoms with van der Waals surface area (Å²) in [6.07, 6.45) is 0.859. The summed E-state index contributed by atoms with van der Waals surface area (Å²) in [5.41, 5.74) is 3.29. The summed E-state index contributed by atoms with van der Waals surface area (Å²) >= 11 is 0. The van der Waals surface area contributed by atoms with E-state index < -0.39 is 22.0 Å². The molecule has 1 heterocycles. The fourth-order valence-electron chi connectivity index (χ4n) is 5.86. The van der Waals surface area contributed by atoms with E-state index >= 15 is 0 Å². The normalized spacial score (nSPS) is 19.1. The first kappa shape index (κ1) is 30.0. The van der Waals surface area contributed by atoms with Gasteiger partial charge in [0.05, 0.1) is 23.1 Å². The van der Waals surface area contributed by atoms with E-state index in [0.717, 1.165) is 17.5 Å². The molecule has 0 saturated carbocycles. The van der Waals surface area contributed by atoms with Gasteiger partial charge in [0, 0.05) is 46.2 Å². The van der Waals surface area contributed by atoms with Crippen molar-refractivity contribution in [3.05, 3.63) is 89.5 Å². The van der Waals surface area contributed by atoms with Gasteiger partial charge in [-0.25, -0.2) is 13.1 Å². The summed E-state index contributed by atoms with van der Waals surface area (Å²) in [6, 6.07) is 22.3. The van der Waals surface area contributed by atoms with Crippen molar-refractivity contribution in [2.75, 3.05) is 41.0 Å². The number of methoxy groups -OCH3 is 2. The lowest BCUT2D eigenvalue weighted by atomic mass is 9.91. The summed E-state index contributed by atoms with van der Waals surface area (Å²) in [4.78, 5) is 16.0. The van der Waals surface area contributed by atoms with Gasteiger partial charge in [0.25, 0.3) is 0 Å². The van der Waals surface area contributed by atoms with Crippen LogP contribution in [0.5, 0.6) is 11.5 Å². The Labute approximate surface area is 247 Å². The minimum absolute atomic E-state index is 0.00250. The quantitative estimate of drug-likeness (QED) is 0.341. The maximum absolute atomic E-state index is 14.2. The lowest BCUT2D eigenvalue weighted by Crippen LogP contribution is -2.43.